The summed E-state index contributed by atoms with van der Waals surface area (Å²) in [5.41, 5.74) is 3.92. The Labute approximate surface area is 102 Å². The summed E-state index contributed by atoms with van der Waals surface area (Å²) < 4.78 is 0. The molecule has 0 aliphatic rings. The Bertz CT molecular complexity index is 494. The Balaban J connectivity index is 2.20. The fourth-order valence-corrected chi connectivity index (χ4v) is 1.89. The molecule has 2 aromatic rings. The molecule has 1 aromatic carbocycles. The van der Waals surface area contributed by atoms with Gasteiger partial charge in [0.15, 0.2) is 0 Å². The largest absolute Gasteiger partial charge is 0.348 e. The van der Waals surface area contributed by atoms with E-state index in [9.17, 15) is 0 Å². The number of hydrogen-bond donors (Lipinski definition) is 1. The van der Waals surface area contributed by atoms with Gasteiger partial charge in [0.25, 0.3) is 0 Å². The normalized spacial score (nSPS) is 12.2. The highest BCUT2D eigenvalue weighted by Crippen LogP contribution is 2.22. The number of aromatic nitrogens is 2. The summed E-state index contributed by atoms with van der Waals surface area (Å²) in [6.45, 7) is 6.40. The Morgan fingerprint density at radius 1 is 1.06 bits per heavy atom. The van der Waals surface area contributed by atoms with Gasteiger partial charge in [-0.05, 0) is 43.5 Å². The maximum Gasteiger partial charge on any atom is 0.223 e. The Morgan fingerprint density at radius 3 is 2.47 bits per heavy atom. The van der Waals surface area contributed by atoms with Gasteiger partial charge in [0.2, 0.25) is 5.95 Å². The minimum atomic E-state index is 0.206. The predicted octanol–water partition coefficient (Wildman–Crippen LogP) is 3.27. The summed E-state index contributed by atoms with van der Waals surface area (Å²) in [7, 11) is 0. The molecule has 3 nitrogen and oxygen atoms in total. The average molecular weight is 227 g/mol. The van der Waals surface area contributed by atoms with Crippen molar-refractivity contribution in [2.45, 2.75) is 26.8 Å². The Kier molecular flexibility index (Phi) is 3.38. The maximum absolute atomic E-state index is 4.17. The number of rotatable bonds is 3. The van der Waals surface area contributed by atoms with E-state index >= 15 is 0 Å². The molecule has 17 heavy (non-hydrogen) atoms. The molecule has 0 amide bonds. The molecular formula is C14H17N3. The van der Waals surface area contributed by atoms with Crippen molar-refractivity contribution < 1.29 is 0 Å². The van der Waals surface area contributed by atoms with Gasteiger partial charge in [-0.2, -0.15) is 0 Å². The first kappa shape index (κ1) is 11.6. The van der Waals surface area contributed by atoms with Crippen LogP contribution in [0.25, 0.3) is 0 Å². The van der Waals surface area contributed by atoms with E-state index in [4.69, 9.17) is 0 Å². The molecule has 1 aromatic heterocycles. The van der Waals surface area contributed by atoms with Crippen LogP contribution in [0, 0.1) is 13.8 Å². The molecule has 2 rings (SSSR count). The summed E-state index contributed by atoms with van der Waals surface area (Å²) in [6, 6.07) is 8.38. The van der Waals surface area contributed by atoms with Gasteiger partial charge >= 0.3 is 0 Å². The molecule has 1 unspecified atom stereocenters. The fraction of sp³-hybridized carbons (Fsp3) is 0.286. The zero-order valence-corrected chi connectivity index (χ0v) is 10.4. The van der Waals surface area contributed by atoms with Gasteiger partial charge in [-0.1, -0.05) is 18.2 Å². The number of anilines is 1. The summed E-state index contributed by atoms with van der Waals surface area (Å²) in [6.07, 6.45) is 3.48. The van der Waals surface area contributed by atoms with Gasteiger partial charge in [0, 0.05) is 12.4 Å². The predicted molar refractivity (Wildman–Crippen MR) is 70.0 cm³/mol. The van der Waals surface area contributed by atoms with Crippen LogP contribution < -0.4 is 5.32 Å². The van der Waals surface area contributed by atoms with E-state index in [1.807, 2.05) is 6.07 Å². The van der Waals surface area contributed by atoms with E-state index in [-0.39, 0.29) is 6.04 Å². The second-order valence-electron chi connectivity index (χ2n) is 4.23. The minimum absolute atomic E-state index is 0.206. The SMILES string of the molecule is Cc1cccc(C(C)Nc2ncccn2)c1C. The van der Waals surface area contributed by atoms with E-state index in [2.05, 4.69) is 54.3 Å². The van der Waals surface area contributed by atoms with Crippen molar-refractivity contribution in [2.75, 3.05) is 5.32 Å². The number of nitrogens with zero attached hydrogens (tertiary/aromatic N) is 2. The van der Waals surface area contributed by atoms with Crippen molar-refractivity contribution in [3.05, 3.63) is 53.3 Å². The fourth-order valence-electron chi connectivity index (χ4n) is 1.89. The summed E-state index contributed by atoms with van der Waals surface area (Å²) >= 11 is 0. The molecular weight excluding hydrogens is 210 g/mol. The van der Waals surface area contributed by atoms with Crippen molar-refractivity contribution in [1.29, 1.82) is 0 Å². The van der Waals surface area contributed by atoms with Gasteiger partial charge in [-0.3, -0.25) is 0 Å². The average Bonchev–Trinajstić information content (AvgIpc) is 2.34. The van der Waals surface area contributed by atoms with Crippen LogP contribution in [0.3, 0.4) is 0 Å². The van der Waals surface area contributed by atoms with Crippen molar-refractivity contribution in [3.63, 3.8) is 0 Å². The van der Waals surface area contributed by atoms with Crippen molar-refractivity contribution in [1.82, 2.24) is 9.97 Å². The minimum Gasteiger partial charge on any atom is -0.348 e. The van der Waals surface area contributed by atoms with E-state index in [1.54, 1.807) is 12.4 Å². The smallest absolute Gasteiger partial charge is 0.223 e. The quantitative estimate of drug-likeness (QED) is 0.874. The Morgan fingerprint density at radius 2 is 1.76 bits per heavy atom. The third-order valence-electron chi connectivity index (χ3n) is 3.02. The van der Waals surface area contributed by atoms with E-state index < -0.39 is 0 Å². The highest BCUT2D eigenvalue weighted by molar-refractivity contribution is 5.39. The van der Waals surface area contributed by atoms with E-state index in [0.717, 1.165) is 0 Å². The topological polar surface area (TPSA) is 37.8 Å². The van der Waals surface area contributed by atoms with Crippen LogP contribution in [-0.4, -0.2) is 9.97 Å². The highest BCUT2D eigenvalue weighted by atomic mass is 15.1. The third-order valence-corrected chi connectivity index (χ3v) is 3.02. The highest BCUT2D eigenvalue weighted by Gasteiger charge is 2.09. The molecule has 0 aliphatic heterocycles. The zero-order valence-electron chi connectivity index (χ0n) is 10.4. The molecule has 1 atom stereocenters. The number of nitrogens with one attached hydrogen (secondary N) is 1. The van der Waals surface area contributed by atoms with Crippen LogP contribution in [-0.2, 0) is 0 Å². The van der Waals surface area contributed by atoms with Crippen LogP contribution in [0.1, 0.15) is 29.7 Å². The summed E-state index contributed by atoms with van der Waals surface area (Å²) in [5, 5.41) is 3.30. The van der Waals surface area contributed by atoms with E-state index in [1.165, 1.54) is 16.7 Å². The lowest BCUT2D eigenvalue weighted by Crippen LogP contribution is -2.10. The lowest BCUT2D eigenvalue weighted by atomic mass is 9.98. The van der Waals surface area contributed by atoms with Gasteiger partial charge in [0.1, 0.15) is 0 Å². The van der Waals surface area contributed by atoms with Gasteiger partial charge < -0.3 is 5.32 Å². The van der Waals surface area contributed by atoms with Crippen molar-refractivity contribution in [3.8, 4) is 0 Å². The van der Waals surface area contributed by atoms with Crippen LogP contribution in [0.5, 0.6) is 0 Å². The Hall–Kier alpha value is -1.90. The molecule has 88 valence electrons. The van der Waals surface area contributed by atoms with Gasteiger partial charge in [-0.15, -0.1) is 0 Å². The molecule has 0 aliphatic carbocycles. The standard InChI is InChI=1S/C14H17N3/c1-10-6-4-7-13(11(10)2)12(3)17-14-15-8-5-9-16-14/h4-9,12H,1-3H3,(H,15,16,17). The van der Waals surface area contributed by atoms with Crippen LogP contribution in [0.2, 0.25) is 0 Å². The van der Waals surface area contributed by atoms with Crippen LogP contribution >= 0.6 is 0 Å². The summed E-state index contributed by atoms with van der Waals surface area (Å²) in [5.74, 6) is 0.668. The van der Waals surface area contributed by atoms with Crippen molar-refractivity contribution in [2.24, 2.45) is 0 Å². The molecule has 3 heteroatoms. The molecule has 0 fully saturated rings. The van der Waals surface area contributed by atoms with E-state index in [0.29, 0.717) is 5.95 Å². The maximum atomic E-state index is 4.17. The monoisotopic (exact) mass is 227 g/mol. The second-order valence-corrected chi connectivity index (χ2v) is 4.23. The first-order valence-electron chi connectivity index (χ1n) is 5.78. The molecule has 0 spiro atoms. The zero-order chi connectivity index (χ0) is 12.3. The number of benzene rings is 1. The summed E-state index contributed by atoms with van der Waals surface area (Å²) in [4.78, 5) is 8.35. The van der Waals surface area contributed by atoms with Crippen LogP contribution in [0.4, 0.5) is 5.95 Å². The first-order valence-corrected chi connectivity index (χ1v) is 5.78. The van der Waals surface area contributed by atoms with Crippen LogP contribution in [0.15, 0.2) is 36.7 Å². The van der Waals surface area contributed by atoms with Gasteiger partial charge in [-0.25, -0.2) is 9.97 Å². The first-order chi connectivity index (χ1) is 8.18. The van der Waals surface area contributed by atoms with Gasteiger partial charge in [0.05, 0.1) is 6.04 Å². The number of aryl methyl sites for hydroxylation is 1. The molecule has 0 saturated carbocycles. The molecule has 1 heterocycles. The molecule has 0 radical (unpaired) electrons. The lowest BCUT2D eigenvalue weighted by molar-refractivity contribution is 0.849. The number of hydrogen-bond acceptors (Lipinski definition) is 3. The molecule has 0 saturated heterocycles. The second kappa shape index (κ2) is 4.95. The third kappa shape index (κ3) is 2.61. The molecule has 1 N–H and O–H groups in total. The lowest BCUT2D eigenvalue weighted by Gasteiger charge is -2.17. The van der Waals surface area contributed by atoms with Crippen molar-refractivity contribution >= 4 is 5.95 Å². The molecule has 0 bridgehead atoms.